The summed E-state index contributed by atoms with van der Waals surface area (Å²) in [6, 6.07) is 6.55. The Morgan fingerprint density at radius 3 is 2.85 bits per heavy atom. The second kappa shape index (κ2) is 6.27. The van der Waals surface area contributed by atoms with Crippen molar-refractivity contribution in [3.8, 4) is 5.75 Å². The van der Waals surface area contributed by atoms with Gasteiger partial charge in [-0.1, -0.05) is 6.07 Å². The number of methoxy groups -OCH3 is 1. The molecule has 110 valence electrons. The van der Waals surface area contributed by atoms with Crippen LogP contribution in [0, 0.1) is 0 Å². The Bertz CT molecular complexity index is 485. The van der Waals surface area contributed by atoms with Gasteiger partial charge in [0.2, 0.25) is 0 Å². The molecule has 20 heavy (non-hydrogen) atoms. The minimum absolute atomic E-state index is 0.0911. The number of aliphatic carboxylic acids is 1. The van der Waals surface area contributed by atoms with Gasteiger partial charge in [-0.2, -0.15) is 0 Å². The monoisotopic (exact) mass is 277 g/mol. The summed E-state index contributed by atoms with van der Waals surface area (Å²) >= 11 is 0. The Morgan fingerprint density at radius 2 is 2.25 bits per heavy atom. The lowest BCUT2D eigenvalue weighted by Gasteiger charge is -2.37. The molecule has 0 saturated carbocycles. The Morgan fingerprint density at radius 1 is 1.50 bits per heavy atom. The van der Waals surface area contributed by atoms with Crippen molar-refractivity contribution in [2.75, 3.05) is 13.7 Å². The van der Waals surface area contributed by atoms with Gasteiger partial charge in [0.15, 0.2) is 0 Å². The highest BCUT2D eigenvalue weighted by molar-refractivity contribution is 5.69. The number of benzene rings is 1. The fourth-order valence-corrected chi connectivity index (χ4v) is 3.05. The lowest BCUT2D eigenvalue weighted by molar-refractivity contribution is -0.139. The minimum Gasteiger partial charge on any atom is -0.497 e. The second-order valence-corrected chi connectivity index (χ2v) is 5.63. The molecule has 4 heteroatoms. The molecule has 0 bridgehead atoms. The maximum absolute atomic E-state index is 11.1. The van der Waals surface area contributed by atoms with Crippen molar-refractivity contribution in [3.05, 3.63) is 29.3 Å². The van der Waals surface area contributed by atoms with Crippen molar-refractivity contribution in [2.24, 2.45) is 0 Å². The van der Waals surface area contributed by atoms with E-state index in [0.717, 1.165) is 25.0 Å². The third-order valence-electron chi connectivity index (χ3n) is 4.01. The van der Waals surface area contributed by atoms with Crippen molar-refractivity contribution in [1.82, 2.24) is 4.90 Å². The van der Waals surface area contributed by atoms with Gasteiger partial charge in [-0.05, 0) is 56.4 Å². The molecule has 0 heterocycles. The van der Waals surface area contributed by atoms with E-state index >= 15 is 0 Å². The molecule has 0 radical (unpaired) electrons. The molecule has 0 amide bonds. The molecule has 4 nitrogen and oxygen atoms in total. The number of hydrogen-bond acceptors (Lipinski definition) is 3. The molecule has 0 spiro atoms. The molecule has 0 saturated heterocycles. The first-order valence-corrected chi connectivity index (χ1v) is 7.17. The number of carboxylic acids is 1. The molecule has 0 aliphatic heterocycles. The summed E-state index contributed by atoms with van der Waals surface area (Å²) in [5, 5.41) is 9.13. The van der Waals surface area contributed by atoms with Crippen LogP contribution < -0.4 is 4.74 Å². The highest BCUT2D eigenvalue weighted by atomic mass is 16.5. The van der Waals surface area contributed by atoms with E-state index in [9.17, 15) is 4.79 Å². The van der Waals surface area contributed by atoms with Crippen molar-refractivity contribution >= 4 is 5.97 Å². The molecule has 1 aromatic carbocycles. The quantitative estimate of drug-likeness (QED) is 0.899. The second-order valence-electron chi connectivity index (χ2n) is 5.63. The van der Waals surface area contributed by atoms with E-state index in [4.69, 9.17) is 9.84 Å². The third kappa shape index (κ3) is 3.12. The highest BCUT2D eigenvalue weighted by Gasteiger charge is 2.29. The predicted molar refractivity (Wildman–Crippen MR) is 78.2 cm³/mol. The van der Waals surface area contributed by atoms with E-state index in [0.29, 0.717) is 0 Å². The minimum atomic E-state index is -0.765. The number of ether oxygens (including phenoxy) is 1. The van der Waals surface area contributed by atoms with Crippen LogP contribution in [0.1, 0.15) is 43.9 Å². The van der Waals surface area contributed by atoms with E-state index < -0.39 is 5.97 Å². The topological polar surface area (TPSA) is 49.8 Å². The SMILES string of the molecule is COc1ccc2c(c1)CCCC2N(CC(=O)O)C(C)C. The molecular formula is C16H23NO3. The molecule has 1 aliphatic carbocycles. The van der Waals surface area contributed by atoms with Gasteiger partial charge in [0.25, 0.3) is 0 Å². The van der Waals surface area contributed by atoms with Crippen LogP contribution in [0.25, 0.3) is 0 Å². The Labute approximate surface area is 120 Å². The molecular weight excluding hydrogens is 254 g/mol. The number of rotatable bonds is 5. The molecule has 1 unspecified atom stereocenters. The first-order chi connectivity index (χ1) is 9.52. The molecule has 0 fully saturated rings. The van der Waals surface area contributed by atoms with Crippen molar-refractivity contribution in [3.63, 3.8) is 0 Å². The summed E-state index contributed by atoms with van der Waals surface area (Å²) < 4.78 is 5.28. The normalized spacial score (nSPS) is 18.1. The van der Waals surface area contributed by atoms with Gasteiger partial charge in [0.1, 0.15) is 5.75 Å². The van der Waals surface area contributed by atoms with Gasteiger partial charge in [-0.25, -0.2) is 0 Å². The zero-order chi connectivity index (χ0) is 14.7. The third-order valence-corrected chi connectivity index (χ3v) is 4.01. The van der Waals surface area contributed by atoms with Crippen LogP contribution in [0.5, 0.6) is 5.75 Å². The summed E-state index contributed by atoms with van der Waals surface area (Å²) in [4.78, 5) is 13.2. The van der Waals surface area contributed by atoms with E-state index in [1.807, 2.05) is 6.07 Å². The van der Waals surface area contributed by atoms with Crippen LogP contribution in [-0.4, -0.2) is 35.7 Å². The predicted octanol–water partition coefficient (Wildman–Crippen LogP) is 2.87. The molecule has 1 aliphatic rings. The largest absolute Gasteiger partial charge is 0.497 e. The van der Waals surface area contributed by atoms with Crippen LogP contribution in [0.2, 0.25) is 0 Å². The van der Waals surface area contributed by atoms with E-state index in [1.165, 1.54) is 11.1 Å². The number of fused-ring (bicyclic) bond motifs is 1. The molecule has 2 rings (SSSR count). The molecule has 1 N–H and O–H groups in total. The van der Waals surface area contributed by atoms with Gasteiger partial charge < -0.3 is 9.84 Å². The van der Waals surface area contributed by atoms with Crippen molar-refractivity contribution in [1.29, 1.82) is 0 Å². The zero-order valence-electron chi connectivity index (χ0n) is 12.4. The van der Waals surface area contributed by atoms with Crippen molar-refractivity contribution in [2.45, 2.75) is 45.2 Å². The maximum Gasteiger partial charge on any atom is 0.317 e. The van der Waals surface area contributed by atoms with Crippen LogP contribution in [-0.2, 0) is 11.2 Å². The summed E-state index contributed by atoms with van der Waals surface area (Å²) in [5.74, 6) is 0.109. The van der Waals surface area contributed by atoms with Gasteiger partial charge >= 0.3 is 5.97 Å². The first-order valence-electron chi connectivity index (χ1n) is 7.17. The number of carboxylic acid groups (broad SMARTS) is 1. The van der Waals surface area contributed by atoms with E-state index in [1.54, 1.807) is 7.11 Å². The average Bonchev–Trinajstić information content (AvgIpc) is 2.43. The average molecular weight is 277 g/mol. The van der Waals surface area contributed by atoms with Crippen LogP contribution in [0.4, 0.5) is 0 Å². The summed E-state index contributed by atoms with van der Waals surface area (Å²) in [6.45, 7) is 4.20. The fourth-order valence-electron chi connectivity index (χ4n) is 3.05. The van der Waals surface area contributed by atoms with Crippen molar-refractivity contribution < 1.29 is 14.6 Å². The lowest BCUT2D eigenvalue weighted by Crippen LogP contribution is -2.40. The fraction of sp³-hybridized carbons (Fsp3) is 0.562. The molecule has 1 aromatic rings. The van der Waals surface area contributed by atoms with Crippen LogP contribution >= 0.6 is 0 Å². The summed E-state index contributed by atoms with van der Waals surface area (Å²) in [6.07, 6.45) is 3.15. The number of nitrogens with zero attached hydrogens (tertiary/aromatic N) is 1. The number of carbonyl (C=O) groups is 1. The Hall–Kier alpha value is -1.55. The standard InChI is InChI=1S/C16H23NO3/c1-11(2)17(10-16(18)19)15-6-4-5-12-9-13(20-3)7-8-14(12)15/h7-9,11,15H,4-6,10H2,1-3H3,(H,18,19). The Kier molecular flexibility index (Phi) is 4.65. The zero-order valence-corrected chi connectivity index (χ0v) is 12.4. The first kappa shape index (κ1) is 14.9. The van der Waals surface area contributed by atoms with Crippen LogP contribution in [0.3, 0.4) is 0 Å². The summed E-state index contributed by atoms with van der Waals surface area (Å²) in [5.41, 5.74) is 2.55. The number of hydrogen-bond donors (Lipinski definition) is 1. The van der Waals surface area contributed by atoms with Gasteiger partial charge in [-0.15, -0.1) is 0 Å². The Balaban J connectivity index is 2.32. The van der Waals surface area contributed by atoms with Gasteiger partial charge in [-0.3, -0.25) is 9.69 Å². The smallest absolute Gasteiger partial charge is 0.317 e. The number of aryl methyl sites for hydroxylation is 1. The van der Waals surface area contributed by atoms with Gasteiger partial charge in [0.05, 0.1) is 13.7 Å². The molecule has 1 atom stereocenters. The molecule has 0 aromatic heterocycles. The van der Waals surface area contributed by atoms with Gasteiger partial charge in [0, 0.05) is 12.1 Å². The lowest BCUT2D eigenvalue weighted by atomic mass is 9.86. The van der Waals surface area contributed by atoms with E-state index in [-0.39, 0.29) is 18.6 Å². The van der Waals surface area contributed by atoms with Crippen LogP contribution in [0.15, 0.2) is 18.2 Å². The maximum atomic E-state index is 11.1. The summed E-state index contributed by atoms with van der Waals surface area (Å²) in [7, 11) is 1.67. The highest BCUT2D eigenvalue weighted by Crippen LogP contribution is 2.36. The van der Waals surface area contributed by atoms with E-state index in [2.05, 4.69) is 30.9 Å².